The van der Waals surface area contributed by atoms with Crippen LogP contribution in [0.2, 0.25) is 0 Å². The van der Waals surface area contributed by atoms with Crippen molar-refractivity contribution in [3.05, 3.63) is 34.4 Å². The van der Waals surface area contributed by atoms with Gasteiger partial charge in [-0.1, -0.05) is 17.3 Å². The molecule has 1 heterocycles. The van der Waals surface area contributed by atoms with Crippen molar-refractivity contribution in [1.29, 1.82) is 0 Å². The van der Waals surface area contributed by atoms with E-state index in [1.54, 1.807) is 7.11 Å². The minimum atomic E-state index is -0.141. The van der Waals surface area contributed by atoms with Crippen molar-refractivity contribution >= 4 is 15.9 Å². The fourth-order valence-electron chi connectivity index (χ4n) is 1.47. The van der Waals surface area contributed by atoms with Crippen molar-refractivity contribution in [3.63, 3.8) is 0 Å². The molecule has 0 amide bonds. The van der Waals surface area contributed by atoms with Crippen LogP contribution in [0.4, 0.5) is 0 Å². The summed E-state index contributed by atoms with van der Waals surface area (Å²) >= 11 is 3.22. The summed E-state index contributed by atoms with van der Waals surface area (Å²) in [6.07, 6.45) is 0. The van der Waals surface area contributed by atoms with E-state index in [2.05, 4.69) is 21.1 Å². The lowest BCUT2D eigenvalue weighted by Gasteiger charge is -2.05. The molecule has 0 aliphatic heterocycles. The predicted molar refractivity (Wildman–Crippen MR) is 62.1 cm³/mol. The normalized spacial score (nSPS) is 10.4. The number of rotatable bonds is 3. The zero-order chi connectivity index (χ0) is 11.5. The van der Waals surface area contributed by atoms with Crippen LogP contribution in [0.1, 0.15) is 5.56 Å². The summed E-state index contributed by atoms with van der Waals surface area (Å²) in [5.74, 6) is 1.20. The monoisotopic (exact) mass is 283 g/mol. The first-order chi connectivity index (χ1) is 7.77. The molecule has 84 valence electrons. The maximum atomic E-state index is 9.24. The molecule has 0 aliphatic rings. The summed E-state index contributed by atoms with van der Waals surface area (Å²) < 4.78 is 10.9. The fraction of sp³-hybridized carbons (Fsp3) is 0.182. The Labute approximate surface area is 101 Å². The maximum absolute atomic E-state index is 9.24. The molecular weight excluding hydrogens is 274 g/mol. The Balaban J connectivity index is 2.58. The molecule has 2 aromatic rings. The lowest BCUT2D eigenvalue weighted by atomic mass is 10.1. The number of para-hydroxylation sites is 1. The van der Waals surface area contributed by atoms with Crippen LogP contribution in [-0.4, -0.2) is 17.4 Å². The van der Waals surface area contributed by atoms with Crippen molar-refractivity contribution in [2.24, 2.45) is 0 Å². The second-order valence-corrected chi connectivity index (χ2v) is 3.89. The van der Waals surface area contributed by atoms with Gasteiger partial charge < -0.3 is 14.4 Å². The van der Waals surface area contributed by atoms with Gasteiger partial charge in [-0.2, -0.15) is 0 Å². The average molecular weight is 284 g/mol. The number of nitrogens with zero attached hydrogens (tertiary/aromatic N) is 1. The molecule has 4 nitrogen and oxygen atoms in total. The maximum Gasteiger partial charge on any atom is 0.177 e. The van der Waals surface area contributed by atoms with Crippen molar-refractivity contribution in [2.75, 3.05) is 7.11 Å². The van der Waals surface area contributed by atoms with Crippen LogP contribution in [0.5, 0.6) is 5.75 Å². The Hall–Kier alpha value is -1.33. The first-order valence-electron chi connectivity index (χ1n) is 4.66. The molecule has 1 N–H and O–H groups in total. The van der Waals surface area contributed by atoms with E-state index in [-0.39, 0.29) is 6.61 Å². The smallest absolute Gasteiger partial charge is 0.177 e. The van der Waals surface area contributed by atoms with E-state index in [9.17, 15) is 5.11 Å². The number of aliphatic hydroxyl groups is 1. The number of ether oxygens (including phenoxy) is 1. The number of aliphatic hydroxyl groups excluding tert-OH is 1. The highest BCUT2D eigenvalue weighted by Gasteiger charge is 2.17. The van der Waals surface area contributed by atoms with E-state index < -0.39 is 0 Å². The molecule has 0 atom stereocenters. The SMILES string of the molecule is COc1ccccc1-c1onc(Br)c1CO. The number of aromatic nitrogens is 1. The molecule has 0 aliphatic carbocycles. The number of benzene rings is 1. The van der Waals surface area contributed by atoms with E-state index in [1.165, 1.54) is 0 Å². The molecule has 0 bridgehead atoms. The van der Waals surface area contributed by atoms with E-state index in [4.69, 9.17) is 9.26 Å². The Morgan fingerprint density at radius 3 is 2.88 bits per heavy atom. The second-order valence-electron chi connectivity index (χ2n) is 3.14. The zero-order valence-corrected chi connectivity index (χ0v) is 10.2. The summed E-state index contributed by atoms with van der Waals surface area (Å²) in [6, 6.07) is 7.42. The molecule has 0 unspecified atom stereocenters. The van der Waals surface area contributed by atoms with Crippen LogP contribution in [0.3, 0.4) is 0 Å². The predicted octanol–water partition coefficient (Wildman–Crippen LogP) is 2.61. The molecule has 0 radical (unpaired) electrons. The molecule has 0 fully saturated rings. The first kappa shape index (κ1) is 11.2. The molecule has 5 heteroatoms. The fourth-order valence-corrected chi connectivity index (χ4v) is 1.85. The van der Waals surface area contributed by atoms with Gasteiger partial charge in [0.1, 0.15) is 5.75 Å². The van der Waals surface area contributed by atoms with Crippen LogP contribution < -0.4 is 4.74 Å². The van der Waals surface area contributed by atoms with Crippen LogP contribution in [0, 0.1) is 0 Å². The Morgan fingerprint density at radius 2 is 2.19 bits per heavy atom. The summed E-state index contributed by atoms with van der Waals surface area (Å²) in [4.78, 5) is 0. The standard InChI is InChI=1S/C11H10BrNO3/c1-15-9-5-3-2-4-7(9)10-8(6-14)11(12)13-16-10/h2-5,14H,6H2,1H3. The van der Waals surface area contributed by atoms with Gasteiger partial charge in [0.25, 0.3) is 0 Å². The zero-order valence-electron chi connectivity index (χ0n) is 8.61. The van der Waals surface area contributed by atoms with E-state index in [0.29, 0.717) is 21.7 Å². The Morgan fingerprint density at radius 1 is 1.44 bits per heavy atom. The number of methoxy groups -OCH3 is 1. The molecule has 0 saturated carbocycles. The summed E-state index contributed by atoms with van der Waals surface area (Å²) in [5, 5.41) is 13.0. The van der Waals surface area contributed by atoms with Crippen molar-refractivity contribution in [3.8, 4) is 17.1 Å². The molecule has 0 spiro atoms. The third-order valence-electron chi connectivity index (χ3n) is 2.25. The largest absolute Gasteiger partial charge is 0.496 e. The molecule has 2 rings (SSSR count). The lowest BCUT2D eigenvalue weighted by Crippen LogP contribution is -1.90. The molecule has 0 saturated heterocycles. The van der Waals surface area contributed by atoms with Crippen molar-refractivity contribution in [1.82, 2.24) is 5.16 Å². The highest BCUT2D eigenvalue weighted by Crippen LogP contribution is 2.34. The second kappa shape index (κ2) is 4.67. The first-order valence-corrected chi connectivity index (χ1v) is 5.45. The van der Waals surface area contributed by atoms with Gasteiger partial charge >= 0.3 is 0 Å². The van der Waals surface area contributed by atoms with Gasteiger partial charge in [0.2, 0.25) is 0 Å². The summed E-state index contributed by atoms with van der Waals surface area (Å²) in [5.41, 5.74) is 1.39. The number of hydrogen-bond donors (Lipinski definition) is 1. The van der Waals surface area contributed by atoms with Crippen LogP contribution in [0.15, 0.2) is 33.4 Å². The summed E-state index contributed by atoms with van der Waals surface area (Å²) in [6.45, 7) is -0.141. The highest BCUT2D eigenvalue weighted by atomic mass is 79.9. The lowest BCUT2D eigenvalue weighted by molar-refractivity contribution is 0.280. The minimum absolute atomic E-state index is 0.141. The van der Waals surface area contributed by atoms with E-state index in [1.807, 2.05) is 24.3 Å². The van der Waals surface area contributed by atoms with Gasteiger partial charge in [-0.3, -0.25) is 0 Å². The van der Waals surface area contributed by atoms with Gasteiger partial charge in [-0.25, -0.2) is 0 Å². The number of halogens is 1. The molecule has 1 aromatic carbocycles. The van der Waals surface area contributed by atoms with Crippen LogP contribution >= 0.6 is 15.9 Å². The van der Waals surface area contributed by atoms with Gasteiger partial charge in [-0.05, 0) is 28.1 Å². The van der Waals surface area contributed by atoms with Crippen LogP contribution in [0.25, 0.3) is 11.3 Å². The average Bonchev–Trinajstić information content (AvgIpc) is 2.70. The topological polar surface area (TPSA) is 55.5 Å². The Kier molecular flexibility index (Phi) is 3.26. The molecular formula is C11H10BrNO3. The van der Waals surface area contributed by atoms with Gasteiger partial charge in [0.15, 0.2) is 10.4 Å². The minimum Gasteiger partial charge on any atom is -0.496 e. The third-order valence-corrected chi connectivity index (χ3v) is 2.87. The number of hydrogen-bond acceptors (Lipinski definition) is 4. The third kappa shape index (κ3) is 1.83. The summed E-state index contributed by atoms with van der Waals surface area (Å²) in [7, 11) is 1.59. The highest BCUT2D eigenvalue weighted by molar-refractivity contribution is 9.10. The quantitative estimate of drug-likeness (QED) is 0.941. The van der Waals surface area contributed by atoms with Gasteiger partial charge in [0, 0.05) is 0 Å². The van der Waals surface area contributed by atoms with Gasteiger partial charge in [-0.15, -0.1) is 0 Å². The van der Waals surface area contributed by atoms with Crippen molar-refractivity contribution in [2.45, 2.75) is 6.61 Å². The van der Waals surface area contributed by atoms with Crippen LogP contribution in [-0.2, 0) is 6.61 Å². The molecule has 16 heavy (non-hydrogen) atoms. The Bertz CT molecular complexity index is 496. The van der Waals surface area contributed by atoms with Gasteiger partial charge in [0.05, 0.1) is 24.8 Å². The molecule has 1 aromatic heterocycles. The van der Waals surface area contributed by atoms with Crippen molar-refractivity contribution < 1.29 is 14.4 Å². The van der Waals surface area contributed by atoms with E-state index >= 15 is 0 Å². The van der Waals surface area contributed by atoms with E-state index in [0.717, 1.165) is 5.56 Å².